The molecule has 0 radical (unpaired) electrons. The summed E-state index contributed by atoms with van der Waals surface area (Å²) in [5.41, 5.74) is 0. The Balaban J connectivity index is 0. The number of amides is 1. The van der Waals surface area contributed by atoms with Crippen molar-refractivity contribution < 1.29 is 14.7 Å². The van der Waals surface area contributed by atoms with Crippen LogP contribution in [0.4, 0.5) is 0 Å². The summed E-state index contributed by atoms with van der Waals surface area (Å²) < 4.78 is 0. The molecule has 0 aromatic heterocycles. The van der Waals surface area contributed by atoms with E-state index in [2.05, 4.69) is 19.2 Å². The number of carbonyl (C=O) groups excluding carboxylic acids is 1. The van der Waals surface area contributed by atoms with Gasteiger partial charge in [-0.3, -0.25) is 9.59 Å². The van der Waals surface area contributed by atoms with Gasteiger partial charge in [-0.2, -0.15) is 0 Å². The zero-order valence-electron chi connectivity index (χ0n) is 10.5. The standard InChI is InChI=1S/C12H23NO3.Na.H/c1-4-5-6-9(2)7-11(8-12(15)16)13-10(3)14;;/h9,11H,4-8H2,1-3H3,(H,13,14)(H,15,16);;/t9-,11+;;/m1../s1. The molecule has 0 aromatic rings. The molecule has 17 heavy (non-hydrogen) atoms. The van der Waals surface area contributed by atoms with Gasteiger partial charge >= 0.3 is 35.5 Å². The molecule has 0 saturated heterocycles. The topological polar surface area (TPSA) is 66.4 Å². The van der Waals surface area contributed by atoms with Crippen molar-refractivity contribution in [2.75, 3.05) is 0 Å². The molecule has 0 bridgehead atoms. The molecule has 0 saturated carbocycles. The third kappa shape index (κ3) is 12.2. The van der Waals surface area contributed by atoms with E-state index in [9.17, 15) is 9.59 Å². The van der Waals surface area contributed by atoms with Gasteiger partial charge in [-0.25, -0.2) is 0 Å². The monoisotopic (exact) mass is 253 g/mol. The van der Waals surface area contributed by atoms with Crippen LogP contribution < -0.4 is 5.32 Å². The number of aliphatic carboxylic acids is 1. The van der Waals surface area contributed by atoms with E-state index in [4.69, 9.17) is 5.11 Å². The molecular formula is C12H24NNaO3. The second kappa shape index (κ2) is 11.1. The molecule has 0 rings (SSSR count). The predicted octanol–water partition coefficient (Wildman–Crippen LogP) is 1.53. The molecule has 0 aliphatic heterocycles. The maximum absolute atomic E-state index is 10.9. The van der Waals surface area contributed by atoms with E-state index in [0.29, 0.717) is 5.92 Å². The van der Waals surface area contributed by atoms with E-state index in [1.165, 1.54) is 6.92 Å². The zero-order chi connectivity index (χ0) is 12.6. The third-order valence-electron chi connectivity index (χ3n) is 2.57. The average Bonchev–Trinajstić information content (AvgIpc) is 2.12. The number of hydrogen-bond donors (Lipinski definition) is 2. The van der Waals surface area contributed by atoms with Crippen molar-refractivity contribution in [3.8, 4) is 0 Å². The van der Waals surface area contributed by atoms with Gasteiger partial charge in [0.15, 0.2) is 0 Å². The molecule has 2 atom stereocenters. The van der Waals surface area contributed by atoms with Crippen LogP contribution in [0.15, 0.2) is 0 Å². The van der Waals surface area contributed by atoms with E-state index in [1.807, 2.05) is 0 Å². The summed E-state index contributed by atoms with van der Waals surface area (Å²) in [5.74, 6) is -0.563. The summed E-state index contributed by atoms with van der Waals surface area (Å²) in [7, 11) is 0. The Kier molecular flexibility index (Phi) is 12.5. The first-order valence-corrected chi connectivity index (χ1v) is 5.94. The number of rotatable bonds is 8. The fourth-order valence-electron chi connectivity index (χ4n) is 1.85. The Morgan fingerprint density at radius 3 is 2.35 bits per heavy atom. The Morgan fingerprint density at radius 2 is 1.94 bits per heavy atom. The molecule has 4 nitrogen and oxygen atoms in total. The summed E-state index contributed by atoms with van der Waals surface area (Å²) in [4.78, 5) is 21.6. The third-order valence-corrected chi connectivity index (χ3v) is 2.57. The number of nitrogens with one attached hydrogen (secondary N) is 1. The van der Waals surface area contributed by atoms with Crippen molar-refractivity contribution in [3.63, 3.8) is 0 Å². The van der Waals surface area contributed by atoms with E-state index in [0.717, 1.165) is 25.7 Å². The first-order chi connectivity index (χ1) is 7.45. The van der Waals surface area contributed by atoms with Crippen LogP contribution in [0.5, 0.6) is 0 Å². The van der Waals surface area contributed by atoms with E-state index >= 15 is 0 Å². The van der Waals surface area contributed by atoms with Crippen molar-refractivity contribution in [3.05, 3.63) is 0 Å². The van der Waals surface area contributed by atoms with Crippen LogP contribution in [-0.4, -0.2) is 52.6 Å². The van der Waals surface area contributed by atoms with Gasteiger partial charge in [0.05, 0.1) is 6.42 Å². The minimum absolute atomic E-state index is 0. The Labute approximate surface area is 126 Å². The Bertz CT molecular complexity index is 218. The second-order valence-corrected chi connectivity index (χ2v) is 4.48. The maximum atomic E-state index is 10.9. The molecule has 0 heterocycles. The van der Waals surface area contributed by atoms with Gasteiger partial charge in [-0.1, -0.05) is 33.1 Å². The second-order valence-electron chi connectivity index (χ2n) is 4.48. The minimum atomic E-state index is -0.860. The zero-order valence-corrected chi connectivity index (χ0v) is 10.5. The van der Waals surface area contributed by atoms with Gasteiger partial charge in [0.1, 0.15) is 0 Å². The van der Waals surface area contributed by atoms with Gasteiger partial charge < -0.3 is 10.4 Å². The van der Waals surface area contributed by atoms with Crippen LogP contribution in [0.3, 0.4) is 0 Å². The van der Waals surface area contributed by atoms with Gasteiger partial charge in [0.2, 0.25) is 5.91 Å². The van der Waals surface area contributed by atoms with Crippen molar-refractivity contribution in [1.29, 1.82) is 0 Å². The molecule has 0 fully saturated rings. The molecule has 5 heteroatoms. The fourth-order valence-corrected chi connectivity index (χ4v) is 1.85. The number of carboxylic acids is 1. The first-order valence-electron chi connectivity index (χ1n) is 5.94. The summed E-state index contributed by atoms with van der Waals surface area (Å²) in [6.07, 6.45) is 4.14. The van der Waals surface area contributed by atoms with Gasteiger partial charge in [-0.15, -0.1) is 0 Å². The molecular weight excluding hydrogens is 229 g/mol. The molecule has 0 aliphatic rings. The summed E-state index contributed by atoms with van der Waals surface area (Å²) in [5, 5.41) is 11.4. The molecule has 2 N–H and O–H groups in total. The quantitative estimate of drug-likeness (QED) is 0.645. The van der Waals surface area contributed by atoms with Crippen LogP contribution in [0.2, 0.25) is 0 Å². The Hall–Kier alpha value is -0.0600. The summed E-state index contributed by atoms with van der Waals surface area (Å²) in [6, 6.07) is -0.234. The summed E-state index contributed by atoms with van der Waals surface area (Å²) >= 11 is 0. The number of carboxylic acid groups (broad SMARTS) is 1. The molecule has 0 aliphatic carbocycles. The van der Waals surface area contributed by atoms with E-state index in [1.54, 1.807) is 0 Å². The van der Waals surface area contributed by atoms with Crippen LogP contribution >= 0.6 is 0 Å². The van der Waals surface area contributed by atoms with Crippen molar-refractivity contribution in [1.82, 2.24) is 5.32 Å². The van der Waals surface area contributed by atoms with Crippen LogP contribution in [0.1, 0.15) is 52.9 Å². The fraction of sp³-hybridized carbons (Fsp3) is 0.833. The molecule has 96 valence electrons. The van der Waals surface area contributed by atoms with Gasteiger partial charge in [-0.05, 0) is 12.3 Å². The molecule has 0 aromatic carbocycles. The van der Waals surface area contributed by atoms with Crippen molar-refractivity contribution in [2.24, 2.45) is 5.92 Å². The Morgan fingerprint density at radius 1 is 1.35 bits per heavy atom. The summed E-state index contributed by atoms with van der Waals surface area (Å²) in [6.45, 7) is 5.66. The predicted molar refractivity (Wildman–Crippen MR) is 70.3 cm³/mol. The van der Waals surface area contributed by atoms with Gasteiger partial charge in [0, 0.05) is 13.0 Å². The normalized spacial score (nSPS) is 13.4. The number of hydrogen-bond acceptors (Lipinski definition) is 2. The van der Waals surface area contributed by atoms with Crippen molar-refractivity contribution in [2.45, 2.75) is 58.9 Å². The molecule has 1 amide bonds. The van der Waals surface area contributed by atoms with Crippen LogP contribution in [0.25, 0.3) is 0 Å². The molecule has 0 unspecified atom stereocenters. The SMILES string of the molecule is CCCC[C@@H](C)C[C@@H](CC(=O)O)NC(C)=O.[NaH]. The van der Waals surface area contributed by atoms with E-state index in [-0.39, 0.29) is 47.9 Å². The molecule has 0 spiro atoms. The van der Waals surface area contributed by atoms with E-state index < -0.39 is 5.97 Å². The first kappa shape index (κ1) is 19.3. The average molecular weight is 253 g/mol. The van der Waals surface area contributed by atoms with Crippen molar-refractivity contribution >= 4 is 41.4 Å². The van der Waals surface area contributed by atoms with Crippen LogP contribution in [0, 0.1) is 5.92 Å². The van der Waals surface area contributed by atoms with Gasteiger partial charge in [0.25, 0.3) is 0 Å². The number of unbranched alkanes of at least 4 members (excludes halogenated alkanes) is 1. The number of carbonyl (C=O) groups is 2. The van der Waals surface area contributed by atoms with Crippen LogP contribution in [-0.2, 0) is 9.59 Å².